The maximum Gasteiger partial charge on any atom is 0.244 e. The molecule has 1 amide bonds. The molecule has 0 heterocycles. The van der Waals surface area contributed by atoms with Gasteiger partial charge < -0.3 is 10.4 Å². The van der Waals surface area contributed by atoms with Gasteiger partial charge in [0.25, 0.3) is 0 Å². The van der Waals surface area contributed by atoms with Crippen molar-refractivity contribution < 1.29 is 9.90 Å². The van der Waals surface area contributed by atoms with Gasteiger partial charge in [-0.15, -0.1) is 0 Å². The number of carbonyl (C=O) groups excluding carboxylic acids is 1. The van der Waals surface area contributed by atoms with Crippen molar-refractivity contribution >= 4 is 35.2 Å². The van der Waals surface area contributed by atoms with E-state index < -0.39 is 6.10 Å². The molecular formula is C14H17Cl2NO2. The molecule has 0 radical (unpaired) electrons. The van der Waals surface area contributed by atoms with Gasteiger partial charge in [0, 0.05) is 12.6 Å². The molecule has 0 spiro atoms. The summed E-state index contributed by atoms with van der Waals surface area (Å²) in [4.78, 5) is 11.6. The van der Waals surface area contributed by atoms with Gasteiger partial charge in [0.2, 0.25) is 5.91 Å². The summed E-state index contributed by atoms with van der Waals surface area (Å²) in [6, 6.07) is 5.20. The number of rotatable bonds is 5. The summed E-state index contributed by atoms with van der Waals surface area (Å²) in [7, 11) is 0. The van der Waals surface area contributed by atoms with Crippen LogP contribution >= 0.6 is 23.2 Å². The number of amides is 1. The van der Waals surface area contributed by atoms with Crippen LogP contribution in [0.5, 0.6) is 0 Å². The molecule has 1 aromatic carbocycles. The maximum atomic E-state index is 11.6. The van der Waals surface area contributed by atoms with Crippen molar-refractivity contribution in [1.82, 2.24) is 5.32 Å². The Labute approximate surface area is 123 Å². The van der Waals surface area contributed by atoms with Crippen LogP contribution in [0.4, 0.5) is 0 Å². The molecule has 3 nitrogen and oxygen atoms in total. The summed E-state index contributed by atoms with van der Waals surface area (Å²) in [5.74, 6) is -0.178. The first-order valence-electron chi connectivity index (χ1n) is 5.99. The molecule has 104 valence electrons. The minimum Gasteiger partial charge on any atom is -0.391 e. The quantitative estimate of drug-likeness (QED) is 0.821. The number of nitrogens with one attached hydrogen (secondary N) is 1. The Bertz CT molecular complexity index is 473. The molecule has 1 aromatic rings. The van der Waals surface area contributed by atoms with Crippen LogP contribution < -0.4 is 5.32 Å². The zero-order valence-corrected chi connectivity index (χ0v) is 12.4. The van der Waals surface area contributed by atoms with E-state index in [1.54, 1.807) is 24.3 Å². The van der Waals surface area contributed by atoms with Gasteiger partial charge in [-0.1, -0.05) is 49.2 Å². The zero-order chi connectivity index (χ0) is 14.4. The molecule has 0 aromatic heterocycles. The predicted octanol–water partition coefficient (Wildman–Crippen LogP) is 3.14. The topological polar surface area (TPSA) is 49.3 Å². The number of aliphatic hydroxyl groups is 1. The highest BCUT2D eigenvalue weighted by Gasteiger charge is 2.09. The van der Waals surface area contributed by atoms with E-state index in [1.165, 1.54) is 6.08 Å². The van der Waals surface area contributed by atoms with Gasteiger partial charge in [-0.25, -0.2) is 0 Å². The fraction of sp³-hybridized carbons (Fsp3) is 0.357. The molecule has 0 aliphatic heterocycles. The number of benzene rings is 1. The number of aliphatic hydroxyl groups excluding tert-OH is 1. The molecule has 1 atom stereocenters. The van der Waals surface area contributed by atoms with E-state index >= 15 is 0 Å². The standard InChI is InChI=1S/C14H17Cl2NO2/c1-9(2)12(18)8-17-13(19)7-6-10-4-3-5-11(15)14(10)16/h3-7,9,12,18H,8H2,1-2H3,(H,17,19)/b7-6+. The molecule has 0 saturated carbocycles. The lowest BCUT2D eigenvalue weighted by atomic mass is 10.1. The highest BCUT2D eigenvalue weighted by Crippen LogP contribution is 2.26. The number of hydrogen-bond acceptors (Lipinski definition) is 2. The lowest BCUT2D eigenvalue weighted by molar-refractivity contribution is -0.117. The second kappa shape index (κ2) is 7.53. The molecule has 2 N–H and O–H groups in total. The third-order valence-electron chi connectivity index (χ3n) is 2.65. The van der Waals surface area contributed by atoms with Gasteiger partial charge in [0.1, 0.15) is 0 Å². The SMILES string of the molecule is CC(C)C(O)CNC(=O)/C=C/c1cccc(Cl)c1Cl. The molecule has 0 fully saturated rings. The van der Waals surface area contributed by atoms with Crippen LogP contribution in [0.15, 0.2) is 24.3 Å². The van der Waals surface area contributed by atoms with Crippen molar-refractivity contribution in [3.8, 4) is 0 Å². The highest BCUT2D eigenvalue weighted by molar-refractivity contribution is 6.42. The molecule has 0 aliphatic rings. The van der Waals surface area contributed by atoms with Crippen molar-refractivity contribution in [3.05, 3.63) is 39.9 Å². The van der Waals surface area contributed by atoms with E-state index in [0.29, 0.717) is 15.6 Å². The van der Waals surface area contributed by atoms with Crippen LogP contribution in [0.1, 0.15) is 19.4 Å². The van der Waals surface area contributed by atoms with Gasteiger partial charge in [0.05, 0.1) is 16.1 Å². The van der Waals surface area contributed by atoms with Gasteiger partial charge in [-0.2, -0.15) is 0 Å². The summed E-state index contributed by atoms with van der Waals surface area (Å²) in [5.41, 5.74) is 0.675. The van der Waals surface area contributed by atoms with Gasteiger partial charge in [-0.3, -0.25) is 4.79 Å². The van der Waals surface area contributed by atoms with Gasteiger partial charge in [-0.05, 0) is 23.6 Å². The maximum absolute atomic E-state index is 11.6. The van der Waals surface area contributed by atoms with Crippen LogP contribution in [0.3, 0.4) is 0 Å². The lowest BCUT2D eigenvalue weighted by Gasteiger charge is -2.14. The van der Waals surface area contributed by atoms with Crippen LogP contribution in [-0.2, 0) is 4.79 Å². The normalized spacial score (nSPS) is 12.9. The van der Waals surface area contributed by atoms with Crippen LogP contribution in [-0.4, -0.2) is 23.7 Å². The lowest BCUT2D eigenvalue weighted by Crippen LogP contribution is -2.33. The minimum absolute atomic E-state index is 0.103. The first-order valence-corrected chi connectivity index (χ1v) is 6.75. The molecule has 5 heteroatoms. The largest absolute Gasteiger partial charge is 0.391 e. The fourth-order valence-electron chi connectivity index (χ4n) is 1.31. The predicted molar refractivity (Wildman–Crippen MR) is 79.4 cm³/mol. The monoisotopic (exact) mass is 301 g/mol. The molecular weight excluding hydrogens is 285 g/mol. The highest BCUT2D eigenvalue weighted by atomic mass is 35.5. The summed E-state index contributed by atoms with van der Waals surface area (Å²) in [6.07, 6.45) is 2.41. The van der Waals surface area contributed by atoms with Crippen molar-refractivity contribution in [1.29, 1.82) is 0 Å². The third kappa shape index (κ3) is 5.23. The minimum atomic E-state index is -0.549. The third-order valence-corrected chi connectivity index (χ3v) is 3.48. The zero-order valence-electron chi connectivity index (χ0n) is 10.9. The molecule has 1 rings (SSSR count). The smallest absolute Gasteiger partial charge is 0.244 e. The van der Waals surface area contributed by atoms with E-state index in [-0.39, 0.29) is 18.4 Å². The number of carbonyl (C=O) groups is 1. The molecule has 0 aliphatic carbocycles. The van der Waals surface area contributed by atoms with Crippen LogP contribution in [0.2, 0.25) is 10.0 Å². The van der Waals surface area contributed by atoms with E-state index in [4.69, 9.17) is 23.2 Å². The van der Waals surface area contributed by atoms with Crippen LogP contribution in [0.25, 0.3) is 6.08 Å². The average Bonchev–Trinajstić information content (AvgIpc) is 2.37. The van der Waals surface area contributed by atoms with E-state index in [2.05, 4.69) is 5.32 Å². The Morgan fingerprint density at radius 2 is 2.11 bits per heavy atom. The first-order chi connectivity index (χ1) is 8.91. The second-order valence-corrected chi connectivity index (χ2v) is 5.32. The molecule has 0 saturated heterocycles. The summed E-state index contributed by atoms with van der Waals surface area (Å²) < 4.78 is 0. The van der Waals surface area contributed by atoms with Crippen molar-refractivity contribution in [2.75, 3.05) is 6.54 Å². The first kappa shape index (κ1) is 16.0. The van der Waals surface area contributed by atoms with Crippen LogP contribution in [0, 0.1) is 5.92 Å². The average molecular weight is 302 g/mol. The summed E-state index contributed by atoms with van der Waals surface area (Å²) >= 11 is 11.9. The molecule has 0 bridgehead atoms. The van der Waals surface area contributed by atoms with E-state index in [1.807, 2.05) is 13.8 Å². The molecule has 19 heavy (non-hydrogen) atoms. The Kier molecular flexibility index (Phi) is 6.35. The van der Waals surface area contributed by atoms with Gasteiger partial charge >= 0.3 is 0 Å². The van der Waals surface area contributed by atoms with Gasteiger partial charge in [0.15, 0.2) is 0 Å². The molecule has 1 unspecified atom stereocenters. The van der Waals surface area contributed by atoms with E-state index in [0.717, 1.165) is 0 Å². The van der Waals surface area contributed by atoms with Crippen molar-refractivity contribution in [3.63, 3.8) is 0 Å². The Morgan fingerprint density at radius 1 is 1.42 bits per heavy atom. The second-order valence-electron chi connectivity index (χ2n) is 4.53. The van der Waals surface area contributed by atoms with E-state index in [9.17, 15) is 9.90 Å². The van der Waals surface area contributed by atoms with Crippen molar-refractivity contribution in [2.45, 2.75) is 20.0 Å². The summed E-state index contributed by atoms with van der Waals surface area (Å²) in [5, 5.41) is 13.0. The number of halogens is 2. The number of hydrogen-bond donors (Lipinski definition) is 2. The summed E-state index contributed by atoms with van der Waals surface area (Å²) in [6.45, 7) is 4.00. The Morgan fingerprint density at radius 3 is 2.74 bits per heavy atom. The Hall–Kier alpha value is -1.03. The van der Waals surface area contributed by atoms with Crippen molar-refractivity contribution in [2.24, 2.45) is 5.92 Å². The fourth-order valence-corrected chi connectivity index (χ4v) is 1.69. The Balaban J connectivity index is 2.57.